The van der Waals surface area contributed by atoms with Crippen LogP contribution in [0.2, 0.25) is 0 Å². The third-order valence-electron chi connectivity index (χ3n) is 3.44. The summed E-state index contributed by atoms with van der Waals surface area (Å²) < 4.78 is 0. The van der Waals surface area contributed by atoms with Crippen LogP contribution in [0.1, 0.15) is 26.2 Å². The Morgan fingerprint density at radius 1 is 1.36 bits per heavy atom. The van der Waals surface area contributed by atoms with Gasteiger partial charge in [0.25, 0.3) is 0 Å². The van der Waals surface area contributed by atoms with E-state index in [0.717, 1.165) is 25.9 Å². The Kier molecular flexibility index (Phi) is 3.67. The van der Waals surface area contributed by atoms with E-state index in [1.165, 1.54) is 0 Å². The third kappa shape index (κ3) is 2.55. The van der Waals surface area contributed by atoms with Crippen LogP contribution in [0.5, 0.6) is 0 Å². The molecule has 0 atom stereocenters. The van der Waals surface area contributed by atoms with Crippen molar-refractivity contribution in [1.82, 2.24) is 9.80 Å². The summed E-state index contributed by atoms with van der Waals surface area (Å²) in [6.45, 7) is 3.90. The normalized spacial score (nSPS) is 22.6. The largest absolute Gasteiger partial charge is 0.306 e. The molecule has 0 N–H and O–H groups in total. The van der Waals surface area contributed by atoms with E-state index in [-0.39, 0.29) is 5.54 Å². The second kappa shape index (κ2) is 4.41. The average molecular weight is 198 g/mol. The zero-order valence-electron chi connectivity index (χ0n) is 9.84. The van der Waals surface area contributed by atoms with Crippen molar-refractivity contribution >= 4 is 5.78 Å². The zero-order valence-corrected chi connectivity index (χ0v) is 9.84. The lowest BCUT2D eigenvalue weighted by Crippen LogP contribution is -2.52. The molecule has 0 amide bonds. The van der Waals surface area contributed by atoms with Crippen molar-refractivity contribution in [2.45, 2.75) is 31.7 Å². The molecule has 3 nitrogen and oxygen atoms in total. The molecule has 1 rings (SSSR count). The van der Waals surface area contributed by atoms with E-state index < -0.39 is 0 Å². The van der Waals surface area contributed by atoms with Crippen LogP contribution in [0, 0.1) is 0 Å². The molecule has 1 saturated heterocycles. The topological polar surface area (TPSA) is 23.6 Å². The van der Waals surface area contributed by atoms with Gasteiger partial charge >= 0.3 is 0 Å². The number of ketones is 1. The first kappa shape index (κ1) is 11.7. The summed E-state index contributed by atoms with van der Waals surface area (Å²) in [4.78, 5) is 15.8. The second-order valence-corrected chi connectivity index (χ2v) is 4.80. The molecule has 82 valence electrons. The SMILES string of the molecule is CC(=O)CC1(N(C)C)CCN(C)CC1. The van der Waals surface area contributed by atoms with Gasteiger partial charge in [0, 0.05) is 12.0 Å². The van der Waals surface area contributed by atoms with Gasteiger partial charge in [-0.05, 0) is 54.0 Å². The van der Waals surface area contributed by atoms with Crippen molar-refractivity contribution in [2.24, 2.45) is 0 Å². The number of carbonyl (C=O) groups excluding carboxylic acids is 1. The van der Waals surface area contributed by atoms with Crippen molar-refractivity contribution < 1.29 is 4.79 Å². The van der Waals surface area contributed by atoms with Crippen LogP contribution in [0.15, 0.2) is 0 Å². The van der Waals surface area contributed by atoms with Crippen LogP contribution in [0.25, 0.3) is 0 Å². The van der Waals surface area contributed by atoms with Crippen LogP contribution in [-0.2, 0) is 4.79 Å². The molecule has 0 bridgehead atoms. The van der Waals surface area contributed by atoms with Crippen LogP contribution in [0.3, 0.4) is 0 Å². The van der Waals surface area contributed by atoms with E-state index >= 15 is 0 Å². The fraction of sp³-hybridized carbons (Fsp3) is 0.909. The molecule has 1 fully saturated rings. The minimum atomic E-state index is 0.123. The number of carbonyl (C=O) groups is 1. The van der Waals surface area contributed by atoms with Crippen molar-refractivity contribution in [3.63, 3.8) is 0 Å². The molecule has 0 radical (unpaired) electrons. The maximum Gasteiger partial charge on any atom is 0.131 e. The van der Waals surface area contributed by atoms with Gasteiger partial charge in [-0.2, -0.15) is 0 Å². The monoisotopic (exact) mass is 198 g/mol. The minimum absolute atomic E-state index is 0.123. The second-order valence-electron chi connectivity index (χ2n) is 4.80. The van der Waals surface area contributed by atoms with Crippen molar-refractivity contribution in [2.75, 3.05) is 34.2 Å². The fourth-order valence-electron chi connectivity index (χ4n) is 2.28. The molecular formula is C11H22N2O. The van der Waals surface area contributed by atoms with E-state index in [1.807, 2.05) is 0 Å². The van der Waals surface area contributed by atoms with Crippen molar-refractivity contribution in [3.8, 4) is 0 Å². The van der Waals surface area contributed by atoms with Crippen molar-refractivity contribution in [3.05, 3.63) is 0 Å². The van der Waals surface area contributed by atoms with Crippen LogP contribution in [-0.4, -0.2) is 55.4 Å². The highest BCUT2D eigenvalue weighted by Gasteiger charge is 2.36. The number of piperidine rings is 1. The number of hydrogen-bond acceptors (Lipinski definition) is 3. The lowest BCUT2D eigenvalue weighted by Gasteiger charge is -2.45. The van der Waals surface area contributed by atoms with Gasteiger partial charge in [-0.15, -0.1) is 0 Å². The molecule has 0 aromatic heterocycles. The predicted octanol–water partition coefficient (Wildman–Crippen LogP) is 0.992. The highest BCUT2D eigenvalue weighted by atomic mass is 16.1. The molecule has 14 heavy (non-hydrogen) atoms. The maximum absolute atomic E-state index is 11.3. The molecule has 1 aliphatic heterocycles. The number of nitrogens with zero attached hydrogens (tertiary/aromatic N) is 2. The lowest BCUT2D eigenvalue weighted by atomic mass is 9.82. The van der Waals surface area contributed by atoms with E-state index in [9.17, 15) is 4.79 Å². The molecule has 1 heterocycles. The van der Waals surface area contributed by atoms with Gasteiger partial charge in [-0.25, -0.2) is 0 Å². The summed E-state index contributed by atoms with van der Waals surface area (Å²) >= 11 is 0. The molecule has 3 heteroatoms. The van der Waals surface area contributed by atoms with Crippen molar-refractivity contribution in [1.29, 1.82) is 0 Å². The predicted molar refractivity (Wildman–Crippen MR) is 58.4 cm³/mol. The number of rotatable bonds is 3. The minimum Gasteiger partial charge on any atom is -0.306 e. The average Bonchev–Trinajstić information content (AvgIpc) is 2.08. The van der Waals surface area contributed by atoms with E-state index in [2.05, 4.69) is 30.9 Å². The Labute approximate surface area is 87.1 Å². The van der Waals surface area contributed by atoms with Gasteiger partial charge in [0.15, 0.2) is 0 Å². The summed E-state index contributed by atoms with van der Waals surface area (Å²) in [7, 11) is 6.33. The summed E-state index contributed by atoms with van der Waals surface area (Å²) in [6, 6.07) is 0. The van der Waals surface area contributed by atoms with Crippen LogP contribution in [0.4, 0.5) is 0 Å². The molecule has 0 unspecified atom stereocenters. The lowest BCUT2D eigenvalue weighted by molar-refractivity contribution is -0.120. The van der Waals surface area contributed by atoms with Gasteiger partial charge in [0.2, 0.25) is 0 Å². The zero-order chi connectivity index (χ0) is 10.8. The number of Topliss-reactive ketones (excluding diaryl/α,β-unsaturated/α-hetero) is 1. The van der Waals surface area contributed by atoms with Gasteiger partial charge < -0.3 is 9.80 Å². The standard InChI is InChI=1S/C11H22N2O/c1-10(14)9-11(12(2)3)5-7-13(4)8-6-11/h5-9H2,1-4H3. The Bertz CT molecular complexity index is 205. The molecule has 0 aliphatic carbocycles. The molecule has 0 saturated carbocycles. The highest BCUT2D eigenvalue weighted by molar-refractivity contribution is 5.76. The van der Waals surface area contributed by atoms with Gasteiger partial charge in [-0.1, -0.05) is 0 Å². The quantitative estimate of drug-likeness (QED) is 0.675. The Morgan fingerprint density at radius 2 is 1.86 bits per heavy atom. The Morgan fingerprint density at radius 3 is 2.21 bits per heavy atom. The molecule has 0 spiro atoms. The molecule has 0 aromatic rings. The summed E-state index contributed by atoms with van der Waals surface area (Å²) in [6.07, 6.45) is 2.92. The Balaban J connectivity index is 2.68. The summed E-state index contributed by atoms with van der Waals surface area (Å²) in [5.74, 6) is 0.309. The Hall–Kier alpha value is -0.410. The summed E-state index contributed by atoms with van der Waals surface area (Å²) in [5.41, 5.74) is 0.123. The van der Waals surface area contributed by atoms with E-state index in [4.69, 9.17) is 0 Å². The van der Waals surface area contributed by atoms with E-state index in [1.54, 1.807) is 6.92 Å². The van der Waals surface area contributed by atoms with Gasteiger partial charge in [-0.3, -0.25) is 4.79 Å². The van der Waals surface area contributed by atoms with Crippen LogP contribution < -0.4 is 0 Å². The smallest absolute Gasteiger partial charge is 0.131 e. The molecule has 1 aliphatic rings. The number of likely N-dealkylation sites (tertiary alicyclic amines) is 1. The first-order valence-electron chi connectivity index (χ1n) is 5.32. The van der Waals surface area contributed by atoms with Gasteiger partial charge in [0.1, 0.15) is 5.78 Å². The van der Waals surface area contributed by atoms with E-state index in [0.29, 0.717) is 12.2 Å². The van der Waals surface area contributed by atoms with Crippen LogP contribution >= 0.6 is 0 Å². The first-order chi connectivity index (χ1) is 6.46. The third-order valence-corrected chi connectivity index (χ3v) is 3.44. The fourth-order valence-corrected chi connectivity index (χ4v) is 2.28. The summed E-state index contributed by atoms with van der Waals surface area (Å²) in [5, 5.41) is 0. The molecule has 0 aromatic carbocycles. The van der Waals surface area contributed by atoms with Gasteiger partial charge in [0.05, 0.1) is 0 Å². The maximum atomic E-state index is 11.3. The number of hydrogen-bond donors (Lipinski definition) is 0. The molecular weight excluding hydrogens is 176 g/mol. The highest BCUT2D eigenvalue weighted by Crippen LogP contribution is 2.30. The first-order valence-corrected chi connectivity index (χ1v) is 5.32.